The van der Waals surface area contributed by atoms with Crippen LogP contribution in [0.5, 0.6) is 5.75 Å². The van der Waals surface area contributed by atoms with E-state index in [2.05, 4.69) is 5.32 Å². The van der Waals surface area contributed by atoms with Crippen LogP contribution < -0.4 is 10.1 Å². The van der Waals surface area contributed by atoms with Gasteiger partial charge in [-0.25, -0.2) is 0 Å². The van der Waals surface area contributed by atoms with Crippen LogP contribution in [0.15, 0.2) is 18.2 Å². The first kappa shape index (κ1) is 13.8. The molecule has 0 saturated carbocycles. The fourth-order valence-electron chi connectivity index (χ4n) is 1.28. The molecule has 1 unspecified atom stereocenters. The molecule has 17 heavy (non-hydrogen) atoms. The zero-order valence-corrected chi connectivity index (χ0v) is 10.6. The molecular formula is C12H16ClNO3. The van der Waals surface area contributed by atoms with Gasteiger partial charge in [-0.05, 0) is 24.1 Å². The number of carbonyl (C=O) groups is 1. The van der Waals surface area contributed by atoms with Crippen LogP contribution in [0.2, 0.25) is 5.02 Å². The second-order valence-electron chi connectivity index (χ2n) is 3.84. The van der Waals surface area contributed by atoms with Gasteiger partial charge >= 0.3 is 0 Å². The maximum absolute atomic E-state index is 11.9. The van der Waals surface area contributed by atoms with E-state index in [9.17, 15) is 4.79 Å². The molecule has 0 aromatic heterocycles. The number of aliphatic hydroxyl groups is 1. The molecule has 0 saturated heterocycles. The van der Waals surface area contributed by atoms with Crippen molar-refractivity contribution in [3.05, 3.63) is 28.8 Å². The van der Waals surface area contributed by atoms with Gasteiger partial charge in [0, 0.05) is 18.2 Å². The van der Waals surface area contributed by atoms with Crippen molar-refractivity contribution in [3.8, 4) is 5.75 Å². The number of ether oxygens (including phenoxy) is 1. The van der Waals surface area contributed by atoms with E-state index in [1.54, 1.807) is 18.2 Å². The van der Waals surface area contributed by atoms with Crippen molar-refractivity contribution in [1.82, 2.24) is 5.32 Å². The molecule has 1 atom stereocenters. The van der Waals surface area contributed by atoms with Crippen molar-refractivity contribution in [2.24, 2.45) is 5.92 Å². The molecule has 1 aromatic rings. The van der Waals surface area contributed by atoms with Crippen LogP contribution in [0, 0.1) is 5.92 Å². The van der Waals surface area contributed by atoms with Gasteiger partial charge in [0.05, 0.1) is 12.7 Å². The summed E-state index contributed by atoms with van der Waals surface area (Å²) in [5.74, 6) is 0.234. The molecular weight excluding hydrogens is 242 g/mol. The molecule has 1 aromatic carbocycles. The smallest absolute Gasteiger partial charge is 0.255 e. The Morgan fingerprint density at radius 1 is 1.59 bits per heavy atom. The molecule has 0 aliphatic rings. The lowest BCUT2D eigenvalue weighted by Gasteiger charge is -2.12. The Balaban J connectivity index is 2.77. The molecule has 0 heterocycles. The lowest BCUT2D eigenvalue weighted by atomic mass is 10.1. The largest absolute Gasteiger partial charge is 0.496 e. The Kier molecular flexibility index (Phi) is 5.25. The number of carbonyl (C=O) groups excluding carboxylic acids is 1. The minimum absolute atomic E-state index is 0.0177. The minimum atomic E-state index is -0.260. The van der Waals surface area contributed by atoms with Crippen LogP contribution in [0.3, 0.4) is 0 Å². The van der Waals surface area contributed by atoms with Gasteiger partial charge in [0.15, 0.2) is 0 Å². The van der Waals surface area contributed by atoms with Crippen LogP contribution in [0.25, 0.3) is 0 Å². The number of aliphatic hydroxyl groups excluding tert-OH is 1. The van der Waals surface area contributed by atoms with Gasteiger partial charge in [-0.2, -0.15) is 0 Å². The van der Waals surface area contributed by atoms with Gasteiger partial charge in [0.1, 0.15) is 5.75 Å². The van der Waals surface area contributed by atoms with Gasteiger partial charge < -0.3 is 15.2 Å². The highest BCUT2D eigenvalue weighted by atomic mass is 35.5. The van der Waals surface area contributed by atoms with Crippen LogP contribution in [-0.2, 0) is 0 Å². The molecule has 5 heteroatoms. The van der Waals surface area contributed by atoms with Gasteiger partial charge in [-0.1, -0.05) is 18.5 Å². The van der Waals surface area contributed by atoms with Crippen molar-refractivity contribution >= 4 is 17.5 Å². The molecule has 0 spiro atoms. The SMILES string of the molecule is COc1ccc(Cl)cc1C(=O)NCC(C)CO. The quantitative estimate of drug-likeness (QED) is 0.844. The summed E-state index contributed by atoms with van der Waals surface area (Å²) >= 11 is 5.83. The van der Waals surface area contributed by atoms with Crippen molar-refractivity contribution in [2.75, 3.05) is 20.3 Å². The summed E-state index contributed by atoms with van der Waals surface area (Å²) in [6.45, 7) is 2.29. The third-order valence-electron chi connectivity index (χ3n) is 2.33. The molecule has 2 N–H and O–H groups in total. The predicted molar refractivity (Wildman–Crippen MR) is 66.6 cm³/mol. The first-order chi connectivity index (χ1) is 8.08. The van der Waals surface area contributed by atoms with Gasteiger partial charge in [-0.3, -0.25) is 4.79 Å². The Labute approximate surface area is 106 Å². The number of nitrogens with one attached hydrogen (secondary N) is 1. The van der Waals surface area contributed by atoms with Crippen molar-refractivity contribution in [2.45, 2.75) is 6.92 Å². The topological polar surface area (TPSA) is 58.6 Å². The van der Waals surface area contributed by atoms with Crippen LogP contribution in [-0.4, -0.2) is 31.3 Å². The molecule has 0 fully saturated rings. The number of rotatable bonds is 5. The van der Waals surface area contributed by atoms with Crippen molar-refractivity contribution in [1.29, 1.82) is 0 Å². The Bertz CT molecular complexity index is 395. The third-order valence-corrected chi connectivity index (χ3v) is 2.56. The fraction of sp³-hybridized carbons (Fsp3) is 0.417. The maximum atomic E-state index is 11.9. The average molecular weight is 258 g/mol. The summed E-state index contributed by atoms with van der Waals surface area (Å²) in [6, 6.07) is 4.86. The predicted octanol–water partition coefficient (Wildman–Crippen LogP) is 1.71. The highest BCUT2D eigenvalue weighted by Crippen LogP contribution is 2.22. The van der Waals surface area contributed by atoms with E-state index in [-0.39, 0.29) is 18.4 Å². The highest BCUT2D eigenvalue weighted by Gasteiger charge is 2.13. The van der Waals surface area contributed by atoms with E-state index < -0.39 is 0 Å². The zero-order chi connectivity index (χ0) is 12.8. The first-order valence-electron chi connectivity index (χ1n) is 5.31. The number of halogens is 1. The van der Waals surface area contributed by atoms with Crippen molar-refractivity contribution < 1.29 is 14.6 Å². The molecule has 0 bridgehead atoms. The Morgan fingerprint density at radius 3 is 2.88 bits per heavy atom. The van der Waals surface area contributed by atoms with Crippen LogP contribution in [0.4, 0.5) is 0 Å². The number of methoxy groups -OCH3 is 1. The fourth-order valence-corrected chi connectivity index (χ4v) is 1.46. The molecule has 0 radical (unpaired) electrons. The zero-order valence-electron chi connectivity index (χ0n) is 9.87. The Morgan fingerprint density at radius 2 is 2.29 bits per heavy atom. The minimum Gasteiger partial charge on any atom is -0.496 e. The molecule has 0 aliphatic heterocycles. The van der Waals surface area contributed by atoms with E-state index in [0.717, 1.165) is 0 Å². The summed E-state index contributed by atoms with van der Waals surface area (Å²) in [5, 5.41) is 12.1. The second-order valence-corrected chi connectivity index (χ2v) is 4.28. The van der Waals surface area contributed by atoms with Gasteiger partial charge in [0.25, 0.3) is 5.91 Å². The molecule has 1 amide bonds. The molecule has 0 aliphatic carbocycles. The first-order valence-corrected chi connectivity index (χ1v) is 5.69. The molecule has 1 rings (SSSR count). The lowest BCUT2D eigenvalue weighted by molar-refractivity contribution is 0.0939. The van der Waals surface area contributed by atoms with Crippen molar-refractivity contribution in [3.63, 3.8) is 0 Å². The standard InChI is InChI=1S/C12H16ClNO3/c1-8(7-15)6-14-12(16)10-5-9(13)3-4-11(10)17-2/h3-5,8,15H,6-7H2,1-2H3,(H,14,16). The number of hydrogen-bond donors (Lipinski definition) is 2. The van der Waals surface area contributed by atoms with E-state index >= 15 is 0 Å². The van der Waals surface area contributed by atoms with Gasteiger partial charge in [0.2, 0.25) is 0 Å². The highest BCUT2D eigenvalue weighted by molar-refractivity contribution is 6.31. The average Bonchev–Trinajstić information content (AvgIpc) is 2.35. The molecule has 94 valence electrons. The number of amides is 1. The van der Waals surface area contributed by atoms with Gasteiger partial charge in [-0.15, -0.1) is 0 Å². The Hall–Kier alpha value is -1.26. The summed E-state index contributed by atoms with van der Waals surface area (Å²) < 4.78 is 5.09. The van der Waals surface area contributed by atoms with Crippen LogP contribution in [0.1, 0.15) is 17.3 Å². The van der Waals surface area contributed by atoms with E-state index in [0.29, 0.717) is 22.9 Å². The maximum Gasteiger partial charge on any atom is 0.255 e. The summed E-state index contributed by atoms with van der Waals surface area (Å²) in [5.41, 5.74) is 0.394. The van der Waals surface area contributed by atoms with Crippen LogP contribution >= 0.6 is 11.6 Å². The molecule has 4 nitrogen and oxygen atoms in total. The van der Waals surface area contributed by atoms with E-state index in [1.807, 2.05) is 6.92 Å². The summed E-state index contributed by atoms with van der Waals surface area (Å²) in [6.07, 6.45) is 0. The third kappa shape index (κ3) is 3.91. The normalized spacial score (nSPS) is 12.0. The summed E-state index contributed by atoms with van der Waals surface area (Å²) in [4.78, 5) is 11.9. The summed E-state index contributed by atoms with van der Waals surface area (Å²) in [7, 11) is 1.50. The van der Waals surface area contributed by atoms with E-state index in [1.165, 1.54) is 7.11 Å². The number of benzene rings is 1. The monoisotopic (exact) mass is 257 g/mol. The number of hydrogen-bond acceptors (Lipinski definition) is 3. The second kappa shape index (κ2) is 6.47. The lowest BCUT2D eigenvalue weighted by Crippen LogP contribution is -2.29. The van der Waals surface area contributed by atoms with E-state index in [4.69, 9.17) is 21.4 Å².